The number of hydrogen-bond acceptors (Lipinski definition) is 1. The Morgan fingerprint density at radius 3 is 1.35 bits per heavy atom. The largest absolute Gasteiger partial charge is 0.330 e. The lowest BCUT2D eigenvalue weighted by Crippen LogP contribution is -2.19. The maximum Gasteiger partial charge on any atom is -0.00773 e. The Labute approximate surface area is 166 Å². The van der Waals surface area contributed by atoms with E-state index in [-0.39, 0.29) is 0 Å². The zero-order valence-corrected chi connectivity index (χ0v) is 18.3. The topological polar surface area (TPSA) is 26.0 Å². The summed E-state index contributed by atoms with van der Waals surface area (Å²) < 4.78 is 0. The van der Waals surface area contributed by atoms with Crippen molar-refractivity contribution in [2.45, 2.75) is 142 Å². The minimum absolute atomic E-state index is 0.876. The van der Waals surface area contributed by atoms with Gasteiger partial charge in [-0.15, -0.1) is 0 Å². The highest BCUT2D eigenvalue weighted by atomic mass is 14.5. The van der Waals surface area contributed by atoms with E-state index in [4.69, 9.17) is 5.73 Å². The van der Waals surface area contributed by atoms with Crippen molar-refractivity contribution in [2.75, 3.05) is 6.54 Å². The SMILES string of the molecule is CCCCCCCCCC1CCCCC1CCCCCCCCCCN. The summed E-state index contributed by atoms with van der Waals surface area (Å²) in [4.78, 5) is 0. The van der Waals surface area contributed by atoms with Crippen LogP contribution in [0.25, 0.3) is 0 Å². The molecule has 1 aliphatic carbocycles. The Morgan fingerprint density at radius 2 is 0.923 bits per heavy atom. The van der Waals surface area contributed by atoms with Gasteiger partial charge in [0.05, 0.1) is 0 Å². The highest BCUT2D eigenvalue weighted by Crippen LogP contribution is 2.37. The van der Waals surface area contributed by atoms with Crippen molar-refractivity contribution in [3.8, 4) is 0 Å². The Balaban J connectivity index is 1.99. The maximum atomic E-state index is 5.55. The molecule has 1 heteroatoms. The normalized spacial score (nSPS) is 20.5. The van der Waals surface area contributed by atoms with Crippen molar-refractivity contribution in [3.63, 3.8) is 0 Å². The van der Waals surface area contributed by atoms with Gasteiger partial charge in [-0.1, -0.05) is 135 Å². The molecule has 0 aromatic heterocycles. The number of nitrogens with two attached hydrogens (primary N) is 1. The highest BCUT2D eigenvalue weighted by Gasteiger charge is 2.23. The van der Waals surface area contributed by atoms with Gasteiger partial charge in [0.25, 0.3) is 0 Å². The van der Waals surface area contributed by atoms with Gasteiger partial charge in [-0.3, -0.25) is 0 Å². The number of unbranched alkanes of at least 4 members (excludes halogenated alkanes) is 13. The monoisotopic (exact) mass is 365 g/mol. The molecule has 0 spiro atoms. The van der Waals surface area contributed by atoms with E-state index in [0.717, 1.165) is 18.4 Å². The van der Waals surface area contributed by atoms with Gasteiger partial charge < -0.3 is 5.73 Å². The van der Waals surface area contributed by atoms with Crippen LogP contribution in [0.4, 0.5) is 0 Å². The Kier molecular flexibility index (Phi) is 16.9. The summed E-state index contributed by atoms with van der Waals surface area (Å²) in [5, 5.41) is 0. The molecule has 0 saturated heterocycles. The van der Waals surface area contributed by atoms with E-state index in [1.807, 2.05) is 0 Å². The lowest BCUT2D eigenvalue weighted by atomic mass is 9.74. The third-order valence-electron chi connectivity index (χ3n) is 6.77. The Hall–Kier alpha value is -0.0400. The molecule has 1 rings (SSSR count). The molecule has 0 aromatic rings. The first-order valence-electron chi connectivity index (χ1n) is 12.6. The van der Waals surface area contributed by atoms with E-state index in [0.29, 0.717) is 0 Å². The lowest BCUT2D eigenvalue weighted by molar-refractivity contribution is 0.202. The van der Waals surface area contributed by atoms with Gasteiger partial charge in [0, 0.05) is 0 Å². The quantitative estimate of drug-likeness (QED) is 0.242. The molecule has 1 saturated carbocycles. The van der Waals surface area contributed by atoms with Crippen LogP contribution in [0.3, 0.4) is 0 Å². The van der Waals surface area contributed by atoms with Crippen molar-refractivity contribution in [2.24, 2.45) is 17.6 Å². The van der Waals surface area contributed by atoms with Crippen LogP contribution in [0.1, 0.15) is 142 Å². The summed E-state index contributed by atoms with van der Waals surface area (Å²) in [6.45, 7) is 3.19. The first-order valence-corrected chi connectivity index (χ1v) is 12.6. The van der Waals surface area contributed by atoms with E-state index >= 15 is 0 Å². The molecule has 1 nitrogen and oxygen atoms in total. The van der Waals surface area contributed by atoms with E-state index in [1.165, 1.54) is 116 Å². The van der Waals surface area contributed by atoms with Gasteiger partial charge in [0.1, 0.15) is 0 Å². The predicted molar refractivity (Wildman–Crippen MR) is 119 cm³/mol. The molecular weight excluding hydrogens is 314 g/mol. The van der Waals surface area contributed by atoms with Gasteiger partial charge in [-0.2, -0.15) is 0 Å². The van der Waals surface area contributed by atoms with Gasteiger partial charge in [-0.05, 0) is 24.8 Å². The Bertz CT molecular complexity index is 275. The molecule has 156 valence electrons. The zero-order valence-electron chi connectivity index (χ0n) is 18.3. The summed E-state index contributed by atoms with van der Waals surface area (Å²) in [6, 6.07) is 0. The first kappa shape index (κ1) is 24.0. The van der Waals surface area contributed by atoms with Gasteiger partial charge in [0.15, 0.2) is 0 Å². The summed E-state index contributed by atoms with van der Waals surface area (Å²) >= 11 is 0. The molecule has 1 fully saturated rings. The first-order chi connectivity index (χ1) is 12.9. The summed E-state index contributed by atoms with van der Waals surface area (Å²) in [7, 11) is 0. The average Bonchev–Trinajstić information content (AvgIpc) is 2.67. The van der Waals surface area contributed by atoms with Crippen LogP contribution in [0, 0.1) is 11.8 Å². The lowest BCUT2D eigenvalue weighted by Gasteiger charge is -2.32. The molecule has 0 aliphatic heterocycles. The van der Waals surface area contributed by atoms with Gasteiger partial charge in [0.2, 0.25) is 0 Å². The number of hydrogen-bond donors (Lipinski definition) is 1. The second-order valence-electron chi connectivity index (χ2n) is 9.12. The molecule has 2 unspecified atom stereocenters. The smallest absolute Gasteiger partial charge is 0.00773 e. The standard InChI is InChI=1S/C25H51N/c1-2-3-4-5-8-11-14-19-24-21-16-17-22-25(24)20-15-12-9-6-7-10-13-18-23-26/h24-25H,2-23,26H2,1H3. The average molecular weight is 366 g/mol. The molecule has 0 amide bonds. The van der Waals surface area contributed by atoms with Crippen LogP contribution in [-0.4, -0.2) is 6.54 Å². The second kappa shape index (κ2) is 18.3. The van der Waals surface area contributed by atoms with Crippen LogP contribution in [0.5, 0.6) is 0 Å². The zero-order chi connectivity index (χ0) is 18.7. The van der Waals surface area contributed by atoms with Crippen molar-refractivity contribution in [3.05, 3.63) is 0 Å². The molecule has 0 aromatic carbocycles. The van der Waals surface area contributed by atoms with Crippen molar-refractivity contribution >= 4 is 0 Å². The van der Waals surface area contributed by atoms with Crippen LogP contribution in [-0.2, 0) is 0 Å². The third-order valence-corrected chi connectivity index (χ3v) is 6.77. The molecule has 0 radical (unpaired) electrons. The van der Waals surface area contributed by atoms with E-state index in [1.54, 1.807) is 19.3 Å². The summed E-state index contributed by atoms with van der Waals surface area (Å²) in [5.41, 5.74) is 5.55. The van der Waals surface area contributed by atoms with Crippen LogP contribution < -0.4 is 5.73 Å². The minimum Gasteiger partial charge on any atom is -0.330 e. The number of rotatable bonds is 18. The van der Waals surface area contributed by atoms with Crippen LogP contribution in [0.2, 0.25) is 0 Å². The van der Waals surface area contributed by atoms with Gasteiger partial charge in [-0.25, -0.2) is 0 Å². The molecule has 0 bridgehead atoms. The molecule has 1 aliphatic rings. The molecule has 26 heavy (non-hydrogen) atoms. The molecule has 2 N–H and O–H groups in total. The molecule has 2 atom stereocenters. The van der Waals surface area contributed by atoms with Crippen molar-refractivity contribution in [1.29, 1.82) is 0 Å². The predicted octanol–water partition coefficient (Wildman–Crippen LogP) is 8.40. The van der Waals surface area contributed by atoms with E-state index in [2.05, 4.69) is 6.92 Å². The molecule has 0 heterocycles. The van der Waals surface area contributed by atoms with Crippen LogP contribution >= 0.6 is 0 Å². The highest BCUT2D eigenvalue weighted by molar-refractivity contribution is 4.75. The fourth-order valence-corrected chi connectivity index (χ4v) is 5.02. The fourth-order valence-electron chi connectivity index (χ4n) is 5.02. The van der Waals surface area contributed by atoms with Crippen molar-refractivity contribution < 1.29 is 0 Å². The second-order valence-corrected chi connectivity index (χ2v) is 9.12. The van der Waals surface area contributed by atoms with Gasteiger partial charge >= 0.3 is 0 Å². The summed E-state index contributed by atoms with van der Waals surface area (Å²) in [5.74, 6) is 2.16. The van der Waals surface area contributed by atoms with E-state index in [9.17, 15) is 0 Å². The Morgan fingerprint density at radius 1 is 0.538 bits per heavy atom. The summed E-state index contributed by atoms with van der Waals surface area (Å²) in [6.07, 6.45) is 30.8. The maximum absolute atomic E-state index is 5.55. The minimum atomic E-state index is 0.876. The third kappa shape index (κ3) is 13.2. The van der Waals surface area contributed by atoms with Crippen LogP contribution in [0.15, 0.2) is 0 Å². The molecular formula is C25H51N. The van der Waals surface area contributed by atoms with E-state index < -0.39 is 0 Å². The fraction of sp³-hybridized carbons (Fsp3) is 1.00. The van der Waals surface area contributed by atoms with Crippen molar-refractivity contribution in [1.82, 2.24) is 0 Å².